The number of benzene rings is 1. The van der Waals surface area contributed by atoms with Crippen molar-refractivity contribution in [2.24, 2.45) is 0 Å². The predicted molar refractivity (Wildman–Crippen MR) is 73.2 cm³/mol. The Kier molecular flexibility index (Phi) is 3.97. The van der Waals surface area contributed by atoms with Crippen molar-refractivity contribution in [2.45, 2.75) is 13.5 Å². The minimum absolute atomic E-state index is 0.568. The van der Waals surface area contributed by atoms with E-state index in [0.29, 0.717) is 6.54 Å². The second kappa shape index (κ2) is 5.47. The van der Waals surface area contributed by atoms with Crippen LogP contribution in [0.5, 0.6) is 0 Å². The minimum Gasteiger partial charge on any atom is -0.377 e. The van der Waals surface area contributed by atoms with Gasteiger partial charge >= 0.3 is 0 Å². The van der Waals surface area contributed by atoms with Crippen LogP contribution in [0.15, 0.2) is 35.1 Å². The van der Waals surface area contributed by atoms with Gasteiger partial charge in [-0.1, -0.05) is 11.6 Å². The molecule has 2 rings (SSSR count). The molecule has 1 aromatic carbocycles. The molecule has 1 aromatic heterocycles. The molecule has 3 nitrogen and oxygen atoms in total. The molecule has 1 N–H and O–H groups in total. The fraction of sp³-hybridized carbons (Fsp3) is 0.167. The summed E-state index contributed by atoms with van der Waals surface area (Å²) in [5.41, 5.74) is 1.98. The smallest absolute Gasteiger partial charge is 0.147 e. The second-order valence-corrected chi connectivity index (χ2v) is 4.86. The highest BCUT2D eigenvalue weighted by Gasteiger charge is 2.04. The fourth-order valence-electron chi connectivity index (χ4n) is 1.38. The number of nitrogens with one attached hydrogen (secondary N) is 1. The van der Waals surface area contributed by atoms with Gasteiger partial charge in [-0.3, -0.25) is 0 Å². The summed E-state index contributed by atoms with van der Waals surface area (Å²) >= 11 is 9.57. The van der Waals surface area contributed by atoms with Crippen molar-refractivity contribution in [2.75, 3.05) is 5.32 Å². The Hall–Kier alpha value is -1.13. The Bertz CT molecular complexity index is 517. The predicted octanol–water partition coefficient (Wildman–Crippen LogP) is 3.81. The number of aryl methyl sites for hydroxylation is 1. The van der Waals surface area contributed by atoms with E-state index >= 15 is 0 Å². The van der Waals surface area contributed by atoms with E-state index in [2.05, 4.69) is 31.2 Å². The van der Waals surface area contributed by atoms with E-state index in [9.17, 15) is 0 Å². The van der Waals surface area contributed by atoms with Crippen molar-refractivity contribution in [3.8, 4) is 0 Å². The first-order valence-electron chi connectivity index (χ1n) is 5.12. The molecule has 0 bridgehead atoms. The van der Waals surface area contributed by atoms with Crippen LogP contribution in [0.2, 0.25) is 5.02 Å². The quantitative estimate of drug-likeness (QED) is 0.936. The molecule has 2 aromatic rings. The summed E-state index contributed by atoms with van der Waals surface area (Å²) in [6.45, 7) is 2.54. The van der Waals surface area contributed by atoms with Gasteiger partial charge in [-0.15, -0.1) is 0 Å². The summed E-state index contributed by atoms with van der Waals surface area (Å²) in [7, 11) is 0. The monoisotopic (exact) mass is 311 g/mol. The van der Waals surface area contributed by atoms with Crippen molar-refractivity contribution in [1.29, 1.82) is 0 Å². The van der Waals surface area contributed by atoms with E-state index in [1.807, 2.05) is 19.1 Å². The average Bonchev–Trinajstić information content (AvgIpc) is 2.33. The third-order valence-electron chi connectivity index (χ3n) is 2.30. The summed E-state index contributed by atoms with van der Waals surface area (Å²) in [4.78, 5) is 8.28. The zero-order valence-corrected chi connectivity index (χ0v) is 11.6. The van der Waals surface area contributed by atoms with E-state index in [0.717, 1.165) is 26.6 Å². The molecule has 0 unspecified atom stereocenters. The van der Waals surface area contributed by atoms with Crippen LogP contribution < -0.4 is 5.32 Å². The van der Waals surface area contributed by atoms with Gasteiger partial charge in [0, 0.05) is 21.9 Å². The van der Waals surface area contributed by atoms with Gasteiger partial charge in [-0.25, -0.2) is 9.97 Å². The number of hydrogen-bond acceptors (Lipinski definition) is 3. The number of aromatic nitrogens is 2. The first kappa shape index (κ1) is 12.3. The zero-order chi connectivity index (χ0) is 12.3. The first-order valence-corrected chi connectivity index (χ1v) is 6.29. The lowest BCUT2D eigenvalue weighted by Gasteiger charge is -2.09. The molecule has 0 atom stereocenters. The molecule has 5 heteroatoms. The number of halogens is 2. The molecule has 88 valence electrons. The lowest BCUT2D eigenvalue weighted by atomic mass is 10.2. The van der Waals surface area contributed by atoms with Crippen molar-refractivity contribution < 1.29 is 0 Å². The van der Waals surface area contributed by atoms with Crippen LogP contribution in [0.1, 0.15) is 11.4 Å². The van der Waals surface area contributed by atoms with Crippen LogP contribution in [0.25, 0.3) is 0 Å². The summed E-state index contributed by atoms with van der Waals surface area (Å²) in [5, 5.41) is 3.98. The number of hydrogen-bond donors (Lipinski definition) is 1. The molecular formula is C12H11BrClN3. The van der Waals surface area contributed by atoms with Gasteiger partial charge in [0.1, 0.15) is 5.82 Å². The Morgan fingerprint density at radius 2 is 2.00 bits per heavy atom. The molecule has 0 fully saturated rings. The number of rotatable bonds is 3. The van der Waals surface area contributed by atoms with E-state index in [-0.39, 0.29) is 0 Å². The number of anilines is 1. The highest BCUT2D eigenvalue weighted by Crippen LogP contribution is 2.29. The van der Waals surface area contributed by atoms with Crippen LogP contribution in [0.4, 0.5) is 5.69 Å². The van der Waals surface area contributed by atoms with Gasteiger partial charge in [-0.2, -0.15) is 0 Å². The van der Waals surface area contributed by atoms with Crippen LogP contribution >= 0.6 is 27.5 Å². The summed E-state index contributed by atoms with van der Waals surface area (Å²) in [6.07, 6.45) is 3.45. The molecule has 0 amide bonds. The third kappa shape index (κ3) is 3.17. The highest BCUT2D eigenvalue weighted by atomic mass is 79.9. The summed E-state index contributed by atoms with van der Waals surface area (Å²) in [6, 6.07) is 5.67. The Morgan fingerprint density at radius 1 is 1.29 bits per heavy atom. The molecule has 0 saturated carbocycles. The minimum atomic E-state index is 0.568. The van der Waals surface area contributed by atoms with Gasteiger partial charge in [0.25, 0.3) is 0 Å². The van der Waals surface area contributed by atoms with Crippen molar-refractivity contribution >= 4 is 33.2 Å². The number of nitrogens with zero attached hydrogens (tertiary/aromatic N) is 2. The van der Waals surface area contributed by atoms with E-state index in [1.54, 1.807) is 18.5 Å². The summed E-state index contributed by atoms with van der Waals surface area (Å²) in [5.74, 6) is 0.746. The maximum atomic E-state index is 6.08. The van der Waals surface area contributed by atoms with Crippen molar-refractivity contribution in [3.05, 3.63) is 51.5 Å². The van der Waals surface area contributed by atoms with E-state index in [4.69, 9.17) is 11.6 Å². The molecule has 1 heterocycles. The normalized spacial score (nSPS) is 10.3. The van der Waals surface area contributed by atoms with Crippen LogP contribution in [-0.2, 0) is 6.54 Å². The molecule has 0 spiro atoms. The van der Waals surface area contributed by atoms with Gasteiger partial charge in [0.05, 0.1) is 12.2 Å². The lowest BCUT2D eigenvalue weighted by molar-refractivity contribution is 0.947. The maximum Gasteiger partial charge on any atom is 0.147 e. The Balaban J connectivity index is 2.12. The molecule has 17 heavy (non-hydrogen) atoms. The largest absolute Gasteiger partial charge is 0.377 e. The van der Waals surface area contributed by atoms with E-state index < -0.39 is 0 Å². The molecule has 0 radical (unpaired) electrons. The Morgan fingerprint density at radius 3 is 2.71 bits per heavy atom. The zero-order valence-electron chi connectivity index (χ0n) is 9.24. The van der Waals surface area contributed by atoms with Gasteiger partial charge in [0.15, 0.2) is 0 Å². The topological polar surface area (TPSA) is 37.8 Å². The maximum absolute atomic E-state index is 6.08. The van der Waals surface area contributed by atoms with Crippen molar-refractivity contribution in [3.63, 3.8) is 0 Å². The van der Waals surface area contributed by atoms with Gasteiger partial charge in [-0.05, 0) is 46.6 Å². The molecule has 0 aliphatic rings. The first-order chi connectivity index (χ1) is 8.16. The van der Waals surface area contributed by atoms with Crippen LogP contribution in [-0.4, -0.2) is 9.97 Å². The van der Waals surface area contributed by atoms with E-state index in [1.165, 1.54) is 0 Å². The molecule has 0 aliphatic heterocycles. The second-order valence-electron chi connectivity index (χ2n) is 3.60. The fourth-order valence-corrected chi connectivity index (χ4v) is 2.14. The highest BCUT2D eigenvalue weighted by molar-refractivity contribution is 9.10. The average molecular weight is 313 g/mol. The molecule has 0 saturated heterocycles. The lowest BCUT2D eigenvalue weighted by Crippen LogP contribution is -2.04. The Labute approximate surface area is 113 Å². The molecule has 0 aliphatic carbocycles. The van der Waals surface area contributed by atoms with Crippen molar-refractivity contribution in [1.82, 2.24) is 9.97 Å². The standard InChI is InChI=1S/C12H11BrClN3/c1-8-5-9(13)11(6-10(8)14)17-7-12-15-3-2-4-16-12/h2-6,17H,7H2,1H3. The van der Waals surface area contributed by atoms with Crippen LogP contribution in [0.3, 0.4) is 0 Å². The van der Waals surface area contributed by atoms with Gasteiger partial charge < -0.3 is 5.32 Å². The molecular weight excluding hydrogens is 302 g/mol. The van der Waals surface area contributed by atoms with Gasteiger partial charge in [0.2, 0.25) is 0 Å². The SMILES string of the molecule is Cc1cc(Br)c(NCc2ncccn2)cc1Cl. The summed E-state index contributed by atoms with van der Waals surface area (Å²) < 4.78 is 0.982. The van der Waals surface area contributed by atoms with Crippen LogP contribution in [0, 0.1) is 6.92 Å². The third-order valence-corrected chi connectivity index (χ3v) is 3.37.